The molecule has 1 aromatic heterocycles. The standard InChI is InChI=1S/C21H22ClN3O2/c1-15-18(12-23-25(15)3)13-24(2)21(26)17-9-7-16(8-10-17)14-27-20-6-4-5-19(22)11-20/h4-12H,13-14H2,1-3H3. The molecule has 140 valence electrons. The van der Waals surface area contributed by atoms with Crippen LogP contribution in [0.3, 0.4) is 0 Å². The molecule has 0 fully saturated rings. The summed E-state index contributed by atoms with van der Waals surface area (Å²) in [6, 6.07) is 14.7. The Hall–Kier alpha value is -2.79. The van der Waals surface area contributed by atoms with Crippen LogP contribution in [0.1, 0.15) is 27.2 Å². The molecule has 2 aromatic carbocycles. The first kappa shape index (κ1) is 19.0. The van der Waals surface area contributed by atoms with E-state index in [4.69, 9.17) is 16.3 Å². The Balaban J connectivity index is 1.60. The van der Waals surface area contributed by atoms with Gasteiger partial charge < -0.3 is 9.64 Å². The van der Waals surface area contributed by atoms with Crippen molar-refractivity contribution in [1.29, 1.82) is 0 Å². The Bertz CT molecular complexity index is 935. The zero-order valence-corrected chi connectivity index (χ0v) is 16.4. The fourth-order valence-corrected chi connectivity index (χ4v) is 2.89. The van der Waals surface area contributed by atoms with Crippen molar-refractivity contribution in [3.8, 4) is 5.75 Å². The smallest absolute Gasteiger partial charge is 0.253 e. The van der Waals surface area contributed by atoms with Gasteiger partial charge in [0, 0.05) is 42.5 Å². The molecule has 0 radical (unpaired) electrons. The maximum absolute atomic E-state index is 12.6. The Kier molecular flexibility index (Phi) is 5.81. The normalized spacial score (nSPS) is 10.7. The molecule has 0 unspecified atom stereocenters. The van der Waals surface area contributed by atoms with E-state index in [-0.39, 0.29) is 5.91 Å². The number of aryl methyl sites for hydroxylation is 1. The molecular weight excluding hydrogens is 362 g/mol. The molecular formula is C21H22ClN3O2. The molecule has 0 spiro atoms. The van der Waals surface area contributed by atoms with E-state index >= 15 is 0 Å². The number of hydrogen-bond acceptors (Lipinski definition) is 3. The highest BCUT2D eigenvalue weighted by Crippen LogP contribution is 2.19. The quantitative estimate of drug-likeness (QED) is 0.639. The number of benzene rings is 2. The second-order valence-electron chi connectivity index (χ2n) is 6.48. The fraction of sp³-hybridized carbons (Fsp3) is 0.238. The van der Waals surface area contributed by atoms with E-state index in [0.717, 1.165) is 16.8 Å². The topological polar surface area (TPSA) is 47.4 Å². The van der Waals surface area contributed by atoms with Crippen LogP contribution < -0.4 is 4.74 Å². The van der Waals surface area contributed by atoms with E-state index < -0.39 is 0 Å². The van der Waals surface area contributed by atoms with E-state index in [1.807, 2.05) is 55.1 Å². The van der Waals surface area contributed by atoms with Crippen LogP contribution in [0.25, 0.3) is 0 Å². The van der Waals surface area contributed by atoms with Gasteiger partial charge in [0.25, 0.3) is 5.91 Å². The molecule has 0 saturated carbocycles. The van der Waals surface area contributed by atoms with Crippen molar-refractivity contribution in [3.05, 3.63) is 82.1 Å². The molecule has 1 amide bonds. The number of rotatable bonds is 6. The average Bonchev–Trinajstić information content (AvgIpc) is 2.98. The molecule has 0 saturated heterocycles. The van der Waals surface area contributed by atoms with Crippen LogP contribution in [0.2, 0.25) is 5.02 Å². The number of carbonyl (C=O) groups is 1. The average molecular weight is 384 g/mol. The largest absolute Gasteiger partial charge is 0.489 e. The molecule has 3 aromatic rings. The predicted octanol–water partition coefficient (Wildman–Crippen LogP) is 4.23. The van der Waals surface area contributed by atoms with Gasteiger partial charge in [0.15, 0.2) is 0 Å². The van der Waals surface area contributed by atoms with Gasteiger partial charge >= 0.3 is 0 Å². The van der Waals surface area contributed by atoms with Gasteiger partial charge in [0.1, 0.15) is 12.4 Å². The minimum atomic E-state index is -0.0273. The second-order valence-corrected chi connectivity index (χ2v) is 6.92. The third kappa shape index (κ3) is 4.68. The lowest BCUT2D eigenvalue weighted by Gasteiger charge is -2.17. The van der Waals surface area contributed by atoms with Gasteiger partial charge in [-0.3, -0.25) is 9.48 Å². The van der Waals surface area contributed by atoms with E-state index in [1.54, 1.807) is 30.3 Å². The first-order valence-electron chi connectivity index (χ1n) is 8.64. The predicted molar refractivity (Wildman–Crippen MR) is 106 cm³/mol. The highest BCUT2D eigenvalue weighted by molar-refractivity contribution is 6.30. The summed E-state index contributed by atoms with van der Waals surface area (Å²) in [6.07, 6.45) is 1.80. The van der Waals surface area contributed by atoms with Crippen LogP contribution in [0.4, 0.5) is 0 Å². The Morgan fingerprint density at radius 2 is 1.96 bits per heavy atom. The molecule has 0 aliphatic heterocycles. The summed E-state index contributed by atoms with van der Waals surface area (Å²) < 4.78 is 7.53. The van der Waals surface area contributed by atoms with Crippen LogP contribution in [0, 0.1) is 6.92 Å². The van der Waals surface area contributed by atoms with Crippen molar-refractivity contribution in [1.82, 2.24) is 14.7 Å². The maximum Gasteiger partial charge on any atom is 0.253 e. The van der Waals surface area contributed by atoms with Crippen molar-refractivity contribution in [2.45, 2.75) is 20.1 Å². The lowest BCUT2D eigenvalue weighted by Crippen LogP contribution is -2.26. The Morgan fingerprint density at radius 1 is 1.22 bits per heavy atom. The number of carbonyl (C=O) groups excluding carboxylic acids is 1. The maximum atomic E-state index is 12.6. The number of hydrogen-bond donors (Lipinski definition) is 0. The third-order valence-electron chi connectivity index (χ3n) is 4.49. The zero-order valence-electron chi connectivity index (χ0n) is 15.6. The molecule has 3 rings (SSSR count). The van der Waals surface area contributed by atoms with Gasteiger partial charge in [-0.25, -0.2) is 0 Å². The molecule has 1 heterocycles. The van der Waals surface area contributed by atoms with Crippen LogP contribution in [-0.2, 0) is 20.2 Å². The lowest BCUT2D eigenvalue weighted by molar-refractivity contribution is 0.0785. The fourth-order valence-electron chi connectivity index (χ4n) is 2.71. The van der Waals surface area contributed by atoms with E-state index in [9.17, 15) is 4.79 Å². The van der Waals surface area contributed by atoms with Crippen molar-refractivity contribution in [3.63, 3.8) is 0 Å². The van der Waals surface area contributed by atoms with Gasteiger partial charge in [-0.1, -0.05) is 29.8 Å². The molecule has 5 nitrogen and oxygen atoms in total. The van der Waals surface area contributed by atoms with Gasteiger partial charge in [-0.15, -0.1) is 0 Å². The number of amides is 1. The summed E-state index contributed by atoms with van der Waals surface area (Å²) in [5.41, 5.74) is 3.73. The molecule has 0 bridgehead atoms. The van der Waals surface area contributed by atoms with Crippen molar-refractivity contribution in [2.24, 2.45) is 7.05 Å². The number of aromatic nitrogens is 2. The summed E-state index contributed by atoms with van der Waals surface area (Å²) in [7, 11) is 3.69. The van der Waals surface area contributed by atoms with Gasteiger partial charge in [-0.2, -0.15) is 5.10 Å². The summed E-state index contributed by atoms with van der Waals surface area (Å²) >= 11 is 5.95. The molecule has 6 heteroatoms. The second kappa shape index (κ2) is 8.27. The van der Waals surface area contributed by atoms with Crippen LogP contribution in [0.5, 0.6) is 5.75 Å². The molecule has 0 N–H and O–H groups in total. The highest BCUT2D eigenvalue weighted by Gasteiger charge is 2.14. The highest BCUT2D eigenvalue weighted by atomic mass is 35.5. The van der Waals surface area contributed by atoms with Crippen LogP contribution in [-0.4, -0.2) is 27.6 Å². The van der Waals surface area contributed by atoms with E-state index in [2.05, 4.69) is 5.10 Å². The molecule has 0 atom stereocenters. The van der Waals surface area contributed by atoms with Gasteiger partial charge in [-0.05, 0) is 42.8 Å². The SMILES string of the molecule is Cc1c(CN(C)C(=O)c2ccc(COc3cccc(Cl)c3)cc2)cnn1C. The number of ether oxygens (including phenoxy) is 1. The number of nitrogens with zero attached hydrogens (tertiary/aromatic N) is 3. The van der Waals surface area contributed by atoms with E-state index in [1.165, 1.54) is 0 Å². The Morgan fingerprint density at radius 3 is 2.59 bits per heavy atom. The zero-order chi connectivity index (χ0) is 19.4. The van der Waals surface area contributed by atoms with Crippen molar-refractivity contribution < 1.29 is 9.53 Å². The first-order chi connectivity index (χ1) is 12.9. The van der Waals surface area contributed by atoms with Crippen LogP contribution >= 0.6 is 11.6 Å². The monoisotopic (exact) mass is 383 g/mol. The van der Waals surface area contributed by atoms with Crippen molar-refractivity contribution >= 4 is 17.5 Å². The summed E-state index contributed by atoms with van der Waals surface area (Å²) in [6.45, 7) is 2.94. The number of halogens is 1. The van der Waals surface area contributed by atoms with Crippen LogP contribution in [0.15, 0.2) is 54.7 Å². The summed E-state index contributed by atoms with van der Waals surface area (Å²) in [5.74, 6) is 0.690. The summed E-state index contributed by atoms with van der Waals surface area (Å²) in [4.78, 5) is 14.3. The van der Waals surface area contributed by atoms with Gasteiger partial charge in [0.05, 0.1) is 6.20 Å². The van der Waals surface area contributed by atoms with E-state index in [0.29, 0.717) is 29.5 Å². The Labute approximate surface area is 164 Å². The lowest BCUT2D eigenvalue weighted by atomic mass is 10.1. The molecule has 27 heavy (non-hydrogen) atoms. The molecule has 0 aliphatic carbocycles. The minimum absolute atomic E-state index is 0.0273. The minimum Gasteiger partial charge on any atom is -0.489 e. The first-order valence-corrected chi connectivity index (χ1v) is 9.02. The third-order valence-corrected chi connectivity index (χ3v) is 4.73. The summed E-state index contributed by atoms with van der Waals surface area (Å²) in [5, 5.41) is 4.86. The van der Waals surface area contributed by atoms with Gasteiger partial charge in [0.2, 0.25) is 0 Å². The molecule has 0 aliphatic rings. The van der Waals surface area contributed by atoms with Crippen molar-refractivity contribution in [2.75, 3.05) is 7.05 Å².